The van der Waals surface area contributed by atoms with Crippen LogP contribution in [-0.4, -0.2) is 32.0 Å². The van der Waals surface area contributed by atoms with Crippen LogP contribution in [0.4, 0.5) is 0 Å². The number of thiophene rings is 1. The average molecular weight is 386 g/mol. The molecule has 0 bridgehead atoms. The van der Waals surface area contributed by atoms with Crippen molar-refractivity contribution in [3.63, 3.8) is 0 Å². The summed E-state index contributed by atoms with van der Waals surface area (Å²) in [5.41, 5.74) is 0.933. The molecule has 0 spiro atoms. The van der Waals surface area contributed by atoms with Crippen LogP contribution in [0.15, 0.2) is 40.6 Å². The van der Waals surface area contributed by atoms with E-state index < -0.39 is 10.0 Å². The first-order chi connectivity index (χ1) is 11.5. The van der Waals surface area contributed by atoms with Gasteiger partial charge in [0.2, 0.25) is 10.0 Å². The van der Waals surface area contributed by atoms with Gasteiger partial charge in [-0.05, 0) is 48.9 Å². The van der Waals surface area contributed by atoms with E-state index in [0.29, 0.717) is 19.7 Å². The second-order valence-corrected chi connectivity index (χ2v) is 9.29. The second kappa shape index (κ2) is 7.54. The van der Waals surface area contributed by atoms with Gasteiger partial charge in [0.15, 0.2) is 0 Å². The minimum atomic E-state index is -3.68. The number of rotatable bonds is 6. The molecule has 1 aromatic carbocycles. The molecule has 0 amide bonds. The van der Waals surface area contributed by atoms with Crippen LogP contribution in [0.3, 0.4) is 0 Å². The smallest absolute Gasteiger partial charge is 0.244 e. The minimum Gasteiger partial charge on any atom is -0.377 e. The van der Waals surface area contributed by atoms with Gasteiger partial charge < -0.3 is 4.74 Å². The zero-order valence-electron chi connectivity index (χ0n) is 13.4. The summed E-state index contributed by atoms with van der Waals surface area (Å²) in [7, 11) is -3.68. The lowest BCUT2D eigenvalue weighted by Gasteiger charge is -2.25. The topological polar surface area (TPSA) is 46.6 Å². The van der Waals surface area contributed by atoms with E-state index in [1.165, 1.54) is 4.31 Å². The Morgan fingerprint density at radius 3 is 2.83 bits per heavy atom. The normalized spacial score (nSPS) is 18.4. The number of aryl methyl sites for hydroxylation is 1. The van der Waals surface area contributed by atoms with Crippen LogP contribution in [0, 0.1) is 6.92 Å². The van der Waals surface area contributed by atoms with Gasteiger partial charge in [0, 0.05) is 24.6 Å². The van der Waals surface area contributed by atoms with Crippen molar-refractivity contribution in [2.24, 2.45) is 0 Å². The van der Waals surface area contributed by atoms with E-state index in [4.69, 9.17) is 16.3 Å². The molecule has 1 aliphatic heterocycles. The van der Waals surface area contributed by atoms with Gasteiger partial charge in [-0.3, -0.25) is 0 Å². The highest BCUT2D eigenvalue weighted by Gasteiger charge is 2.30. The Morgan fingerprint density at radius 1 is 1.38 bits per heavy atom. The molecule has 1 aromatic heterocycles. The van der Waals surface area contributed by atoms with Crippen molar-refractivity contribution in [1.29, 1.82) is 0 Å². The number of ether oxygens (including phenoxy) is 1. The number of benzene rings is 1. The SMILES string of the molecule is Cc1ccc(S(=O)(=O)N(Cc2cccs2)CC2CCCO2)c(Cl)c1. The van der Waals surface area contributed by atoms with Crippen molar-refractivity contribution in [2.45, 2.75) is 37.3 Å². The molecule has 0 radical (unpaired) electrons. The molecular weight excluding hydrogens is 366 g/mol. The van der Waals surface area contributed by atoms with Crippen molar-refractivity contribution in [2.75, 3.05) is 13.2 Å². The lowest BCUT2D eigenvalue weighted by molar-refractivity contribution is 0.0927. The van der Waals surface area contributed by atoms with Gasteiger partial charge in [-0.15, -0.1) is 11.3 Å². The molecule has 24 heavy (non-hydrogen) atoms. The first-order valence-electron chi connectivity index (χ1n) is 7.87. The molecule has 0 N–H and O–H groups in total. The largest absolute Gasteiger partial charge is 0.377 e. The second-order valence-electron chi connectivity index (χ2n) is 5.95. The highest BCUT2D eigenvalue weighted by atomic mass is 35.5. The van der Waals surface area contributed by atoms with Crippen LogP contribution >= 0.6 is 22.9 Å². The Balaban J connectivity index is 1.92. The molecule has 0 aliphatic carbocycles. The van der Waals surface area contributed by atoms with E-state index in [9.17, 15) is 8.42 Å². The van der Waals surface area contributed by atoms with E-state index in [1.807, 2.05) is 24.4 Å². The number of sulfonamides is 1. The average Bonchev–Trinajstić information content (AvgIpc) is 3.19. The summed E-state index contributed by atoms with van der Waals surface area (Å²) in [5.74, 6) is 0. The van der Waals surface area contributed by atoms with Gasteiger partial charge in [0.05, 0.1) is 11.1 Å². The lowest BCUT2D eigenvalue weighted by Crippen LogP contribution is -2.36. The highest BCUT2D eigenvalue weighted by molar-refractivity contribution is 7.89. The summed E-state index contributed by atoms with van der Waals surface area (Å²) in [6, 6.07) is 8.91. The Kier molecular flexibility index (Phi) is 5.62. The van der Waals surface area contributed by atoms with Gasteiger partial charge in [0.25, 0.3) is 0 Å². The van der Waals surface area contributed by atoms with Crippen LogP contribution in [0.5, 0.6) is 0 Å². The summed E-state index contributed by atoms with van der Waals surface area (Å²) in [6.07, 6.45) is 1.81. The van der Waals surface area contributed by atoms with Crippen molar-refractivity contribution >= 4 is 33.0 Å². The quantitative estimate of drug-likeness (QED) is 0.752. The predicted octanol–water partition coefficient (Wildman–Crippen LogP) is 4.08. The molecule has 1 saturated heterocycles. The first-order valence-corrected chi connectivity index (χ1v) is 10.6. The maximum absolute atomic E-state index is 13.2. The molecule has 4 nitrogen and oxygen atoms in total. The zero-order valence-corrected chi connectivity index (χ0v) is 15.8. The van der Waals surface area contributed by atoms with Gasteiger partial charge in [-0.2, -0.15) is 4.31 Å². The molecule has 1 atom stereocenters. The Bertz CT molecular complexity index is 784. The lowest BCUT2D eigenvalue weighted by atomic mass is 10.2. The third-order valence-electron chi connectivity index (χ3n) is 4.05. The first kappa shape index (κ1) is 17.9. The van der Waals surface area contributed by atoms with Gasteiger partial charge >= 0.3 is 0 Å². The van der Waals surface area contributed by atoms with Crippen LogP contribution in [0.25, 0.3) is 0 Å². The zero-order chi connectivity index (χ0) is 17.2. The van der Waals surface area contributed by atoms with Crippen molar-refractivity contribution in [3.8, 4) is 0 Å². The third kappa shape index (κ3) is 4.00. The summed E-state index contributed by atoms with van der Waals surface area (Å²) in [6.45, 7) is 3.27. The Morgan fingerprint density at radius 2 is 2.21 bits per heavy atom. The molecule has 3 rings (SSSR count). The molecular formula is C17H20ClNO3S2. The van der Waals surface area contributed by atoms with E-state index >= 15 is 0 Å². The fraction of sp³-hybridized carbons (Fsp3) is 0.412. The molecule has 7 heteroatoms. The van der Waals surface area contributed by atoms with Crippen molar-refractivity contribution < 1.29 is 13.2 Å². The Labute approximate surface area is 152 Å². The molecule has 1 unspecified atom stereocenters. The van der Waals surface area contributed by atoms with Crippen molar-refractivity contribution in [3.05, 3.63) is 51.2 Å². The van der Waals surface area contributed by atoms with Gasteiger partial charge in [-0.1, -0.05) is 23.7 Å². The molecule has 0 saturated carbocycles. The summed E-state index contributed by atoms with van der Waals surface area (Å²) >= 11 is 7.77. The van der Waals surface area contributed by atoms with E-state index in [1.54, 1.807) is 29.5 Å². The van der Waals surface area contributed by atoms with E-state index in [-0.39, 0.29) is 16.0 Å². The minimum absolute atomic E-state index is 0.0519. The fourth-order valence-electron chi connectivity index (χ4n) is 2.79. The van der Waals surface area contributed by atoms with Crippen LogP contribution in [0.2, 0.25) is 5.02 Å². The maximum Gasteiger partial charge on any atom is 0.244 e. The maximum atomic E-state index is 13.2. The highest BCUT2D eigenvalue weighted by Crippen LogP contribution is 2.28. The monoisotopic (exact) mass is 385 g/mol. The molecule has 130 valence electrons. The number of nitrogens with zero attached hydrogens (tertiary/aromatic N) is 1. The number of hydrogen-bond donors (Lipinski definition) is 0. The van der Waals surface area contributed by atoms with Crippen LogP contribution in [-0.2, 0) is 21.3 Å². The predicted molar refractivity (Wildman–Crippen MR) is 97.1 cm³/mol. The van der Waals surface area contributed by atoms with Gasteiger partial charge in [-0.25, -0.2) is 8.42 Å². The molecule has 1 aliphatic rings. The van der Waals surface area contributed by atoms with Crippen LogP contribution < -0.4 is 0 Å². The molecule has 2 heterocycles. The van der Waals surface area contributed by atoms with Crippen LogP contribution in [0.1, 0.15) is 23.3 Å². The third-order valence-corrected chi connectivity index (χ3v) is 7.20. The van der Waals surface area contributed by atoms with Crippen molar-refractivity contribution in [1.82, 2.24) is 4.31 Å². The van der Waals surface area contributed by atoms with E-state index in [0.717, 1.165) is 23.3 Å². The fourth-order valence-corrected chi connectivity index (χ4v) is 5.62. The standard InChI is InChI=1S/C17H20ClNO3S2/c1-13-6-7-17(16(18)10-13)24(20,21)19(11-14-4-2-8-22-14)12-15-5-3-9-23-15/h3,5-7,9-10,14H,2,4,8,11-12H2,1H3. The van der Waals surface area contributed by atoms with Gasteiger partial charge in [0.1, 0.15) is 4.90 Å². The summed E-state index contributed by atoms with van der Waals surface area (Å²) in [5, 5.41) is 2.21. The summed E-state index contributed by atoms with van der Waals surface area (Å²) < 4.78 is 33.5. The molecule has 1 fully saturated rings. The molecule has 2 aromatic rings. The Hall–Kier alpha value is -0.920. The summed E-state index contributed by atoms with van der Waals surface area (Å²) in [4.78, 5) is 1.16. The number of halogens is 1. The number of hydrogen-bond acceptors (Lipinski definition) is 4. The van der Waals surface area contributed by atoms with E-state index in [2.05, 4.69) is 0 Å².